The molecular formula is C27H50NO4+. The van der Waals surface area contributed by atoms with Gasteiger partial charge in [-0.25, -0.2) is 0 Å². The van der Waals surface area contributed by atoms with Gasteiger partial charge in [-0.2, -0.15) is 0 Å². The number of nitrogens with zero attached hydrogens (tertiary/aromatic N) is 1. The fraction of sp³-hybridized carbons (Fsp3) is 0.778. The molecule has 0 amide bonds. The van der Waals surface area contributed by atoms with Crippen LogP contribution in [0, 0.1) is 0 Å². The molecule has 0 unspecified atom stereocenters. The number of aliphatic hydroxyl groups excluding tert-OH is 2. The highest BCUT2D eigenvalue weighted by atomic mass is 16.5. The third-order valence-corrected chi connectivity index (χ3v) is 6.24. The molecule has 0 fully saturated rings. The zero-order valence-electron chi connectivity index (χ0n) is 20.7. The Hall–Kier alpha value is -0.980. The number of hydrogen-bond donors (Lipinski definition) is 2. The maximum absolute atomic E-state index is 9.06. The highest BCUT2D eigenvalue weighted by Crippen LogP contribution is 2.18. The molecule has 2 N–H and O–H groups in total. The molecule has 1 aromatic rings. The summed E-state index contributed by atoms with van der Waals surface area (Å²) in [7, 11) is 0. The minimum Gasteiger partial charge on any atom is -0.394 e. The van der Waals surface area contributed by atoms with Crippen LogP contribution in [0.3, 0.4) is 0 Å². The molecule has 0 radical (unpaired) electrons. The van der Waals surface area contributed by atoms with Crippen LogP contribution in [-0.2, 0) is 16.0 Å². The van der Waals surface area contributed by atoms with Crippen molar-refractivity contribution < 1.29 is 24.2 Å². The molecule has 5 heteroatoms. The average Bonchev–Trinajstić information content (AvgIpc) is 2.81. The second-order valence-electron chi connectivity index (χ2n) is 9.01. The summed E-state index contributed by atoms with van der Waals surface area (Å²) < 4.78 is 12.2. The van der Waals surface area contributed by atoms with Crippen LogP contribution in [0.5, 0.6) is 0 Å². The van der Waals surface area contributed by atoms with Crippen LogP contribution in [0.4, 0.5) is 0 Å². The van der Waals surface area contributed by atoms with Gasteiger partial charge in [0.2, 0.25) is 0 Å². The molecule has 0 heterocycles. The van der Waals surface area contributed by atoms with Gasteiger partial charge < -0.3 is 24.2 Å². The van der Waals surface area contributed by atoms with Gasteiger partial charge in [-0.05, 0) is 12.8 Å². The lowest BCUT2D eigenvalue weighted by atomic mass is 10.1. The molecule has 32 heavy (non-hydrogen) atoms. The Morgan fingerprint density at radius 2 is 1.12 bits per heavy atom. The van der Waals surface area contributed by atoms with Crippen molar-refractivity contribution in [3.05, 3.63) is 35.9 Å². The van der Waals surface area contributed by atoms with Gasteiger partial charge in [0.05, 0.1) is 46.2 Å². The third kappa shape index (κ3) is 15.0. The first-order chi connectivity index (χ1) is 15.8. The van der Waals surface area contributed by atoms with E-state index in [2.05, 4.69) is 37.3 Å². The topological polar surface area (TPSA) is 58.9 Å². The molecule has 0 aliphatic heterocycles. The maximum atomic E-state index is 9.06. The van der Waals surface area contributed by atoms with Gasteiger partial charge in [-0.15, -0.1) is 0 Å². The Balaban J connectivity index is 2.56. The van der Waals surface area contributed by atoms with E-state index >= 15 is 0 Å². The molecule has 0 bridgehead atoms. The molecular weight excluding hydrogens is 402 g/mol. The maximum Gasteiger partial charge on any atom is 0.104 e. The van der Waals surface area contributed by atoms with Crippen LogP contribution in [0.2, 0.25) is 0 Å². The minimum atomic E-state index is 0.0662. The quantitative estimate of drug-likeness (QED) is 0.182. The molecule has 186 valence electrons. The molecule has 0 aliphatic carbocycles. The Kier molecular flexibility index (Phi) is 18.7. The summed E-state index contributed by atoms with van der Waals surface area (Å²) in [6.07, 6.45) is 13.4. The zero-order valence-corrected chi connectivity index (χ0v) is 20.7. The molecule has 0 aromatic heterocycles. The van der Waals surface area contributed by atoms with E-state index in [0.29, 0.717) is 26.4 Å². The largest absolute Gasteiger partial charge is 0.394 e. The third-order valence-electron chi connectivity index (χ3n) is 6.24. The summed E-state index contributed by atoms with van der Waals surface area (Å²) in [5.74, 6) is 0. The lowest BCUT2D eigenvalue weighted by molar-refractivity contribution is -0.941. The summed E-state index contributed by atoms with van der Waals surface area (Å²) >= 11 is 0. The number of aliphatic hydroxyl groups is 2. The van der Waals surface area contributed by atoms with E-state index < -0.39 is 0 Å². The molecule has 1 rings (SSSR count). The van der Waals surface area contributed by atoms with E-state index in [1.807, 2.05) is 0 Å². The second-order valence-corrected chi connectivity index (χ2v) is 9.01. The summed E-state index contributed by atoms with van der Waals surface area (Å²) in [4.78, 5) is 0. The van der Waals surface area contributed by atoms with E-state index in [-0.39, 0.29) is 13.2 Å². The van der Waals surface area contributed by atoms with Gasteiger partial charge in [0.15, 0.2) is 0 Å². The van der Waals surface area contributed by atoms with Crippen molar-refractivity contribution in [1.82, 2.24) is 0 Å². The number of quaternary nitrogens is 1. The zero-order chi connectivity index (χ0) is 23.2. The number of hydrogen-bond acceptors (Lipinski definition) is 4. The normalized spacial score (nSPS) is 11.8. The molecule has 0 aliphatic rings. The minimum absolute atomic E-state index is 0.0662. The Morgan fingerprint density at radius 3 is 1.62 bits per heavy atom. The monoisotopic (exact) mass is 452 g/mol. The smallest absolute Gasteiger partial charge is 0.104 e. The second kappa shape index (κ2) is 20.6. The van der Waals surface area contributed by atoms with Gasteiger partial charge in [0.1, 0.15) is 19.6 Å². The Morgan fingerprint density at radius 1 is 0.625 bits per heavy atom. The first-order valence-electron chi connectivity index (χ1n) is 13.0. The standard InChI is InChI=1S/C27H50NO4/c1-2-3-4-5-6-7-8-9-10-14-17-28(18-22-31-24-20-29,19-23-32-25-21-30)26-27-15-12-11-13-16-27/h11-13,15-16,29-30H,2-10,14,17-26H2,1H3/q+1. The number of benzene rings is 1. The molecule has 5 nitrogen and oxygen atoms in total. The average molecular weight is 453 g/mol. The highest BCUT2D eigenvalue weighted by molar-refractivity contribution is 5.13. The molecule has 0 atom stereocenters. The van der Waals surface area contributed by atoms with Gasteiger partial charge >= 0.3 is 0 Å². The van der Waals surface area contributed by atoms with E-state index in [0.717, 1.165) is 30.7 Å². The number of ether oxygens (including phenoxy) is 2. The lowest BCUT2D eigenvalue weighted by Crippen LogP contribution is -2.52. The van der Waals surface area contributed by atoms with Crippen LogP contribution < -0.4 is 0 Å². The molecule has 0 saturated carbocycles. The van der Waals surface area contributed by atoms with Crippen LogP contribution in [0.1, 0.15) is 76.7 Å². The van der Waals surface area contributed by atoms with Crippen LogP contribution in [0.15, 0.2) is 30.3 Å². The first kappa shape index (κ1) is 29.1. The predicted octanol–water partition coefficient (Wildman–Crippen LogP) is 4.94. The van der Waals surface area contributed by atoms with Crippen LogP contribution in [-0.4, -0.2) is 74.0 Å². The van der Waals surface area contributed by atoms with Gasteiger partial charge in [-0.3, -0.25) is 0 Å². The Bertz CT molecular complexity index is 500. The molecule has 1 aromatic carbocycles. The SMILES string of the molecule is CCCCCCCCCCCC[N+](CCOCCO)(CCOCCO)Cc1ccccc1. The summed E-state index contributed by atoms with van der Waals surface area (Å²) in [6.45, 7) is 8.37. The highest BCUT2D eigenvalue weighted by Gasteiger charge is 2.27. The van der Waals surface area contributed by atoms with Crippen molar-refractivity contribution in [3.8, 4) is 0 Å². The van der Waals surface area contributed by atoms with Crippen LogP contribution >= 0.6 is 0 Å². The predicted molar refractivity (Wildman–Crippen MR) is 133 cm³/mol. The fourth-order valence-corrected chi connectivity index (χ4v) is 4.33. The van der Waals surface area contributed by atoms with Gasteiger partial charge in [0, 0.05) is 5.56 Å². The molecule has 0 spiro atoms. The Labute approximate surface area is 197 Å². The van der Waals surface area contributed by atoms with Gasteiger partial charge in [-0.1, -0.05) is 88.6 Å². The van der Waals surface area contributed by atoms with Gasteiger partial charge in [0.25, 0.3) is 0 Å². The summed E-state index contributed by atoms with van der Waals surface area (Å²) in [6, 6.07) is 10.7. The van der Waals surface area contributed by atoms with Crippen LogP contribution in [0.25, 0.3) is 0 Å². The van der Waals surface area contributed by atoms with E-state index in [1.165, 1.54) is 69.8 Å². The van der Waals surface area contributed by atoms with Crippen molar-refractivity contribution in [1.29, 1.82) is 0 Å². The summed E-state index contributed by atoms with van der Waals surface area (Å²) in [5.41, 5.74) is 1.34. The number of unbranched alkanes of at least 4 members (excludes halogenated alkanes) is 9. The van der Waals surface area contributed by atoms with Crippen molar-refractivity contribution in [2.75, 3.05) is 59.3 Å². The van der Waals surface area contributed by atoms with E-state index in [9.17, 15) is 0 Å². The van der Waals surface area contributed by atoms with Crippen molar-refractivity contribution in [2.24, 2.45) is 0 Å². The summed E-state index contributed by atoms with van der Waals surface area (Å²) in [5, 5.41) is 18.1. The van der Waals surface area contributed by atoms with E-state index in [1.54, 1.807) is 0 Å². The fourth-order valence-electron chi connectivity index (χ4n) is 4.33. The number of rotatable bonds is 23. The van der Waals surface area contributed by atoms with Crippen molar-refractivity contribution >= 4 is 0 Å². The first-order valence-corrected chi connectivity index (χ1v) is 13.0. The van der Waals surface area contributed by atoms with Crippen molar-refractivity contribution in [3.63, 3.8) is 0 Å². The van der Waals surface area contributed by atoms with Crippen molar-refractivity contribution in [2.45, 2.75) is 77.7 Å². The lowest BCUT2D eigenvalue weighted by Gasteiger charge is -2.39. The van der Waals surface area contributed by atoms with E-state index in [4.69, 9.17) is 19.7 Å². The molecule has 0 saturated heterocycles.